The highest BCUT2D eigenvalue weighted by atomic mass is 32.1. The van der Waals surface area contributed by atoms with Crippen molar-refractivity contribution >= 4 is 27.5 Å². The van der Waals surface area contributed by atoms with E-state index in [2.05, 4.69) is 16.4 Å². The summed E-state index contributed by atoms with van der Waals surface area (Å²) in [5, 5.41) is 3.95. The molecule has 1 aliphatic rings. The van der Waals surface area contributed by atoms with E-state index in [9.17, 15) is 4.79 Å². The fourth-order valence-corrected chi connectivity index (χ4v) is 4.20. The first-order valence-corrected chi connectivity index (χ1v) is 10.2. The summed E-state index contributed by atoms with van der Waals surface area (Å²) >= 11 is 1.68. The summed E-state index contributed by atoms with van der Waals surface area (Å²) < 4.78 is 12.2. The van der Waals surface area contributed by atoms with E-state index >= 15 is 0 Å². The molecule has 144 valence electrons. The second-order valence-corrected chi connectivity index (χ2v) is 7.76. The van der Waals surface area contributed by atoms with Gasteiger partial charge < -0.3 is 14.8 Å². The van der Waals surface area contributed by atoms with E-state index in [0.29, 0.717) is 36.8 Å². The molecule has 4 aromatic rings. The van der Waals surface area contributed by atoms with Gasteiger partial charge in [-0.15, -0.1) is 11.3 Å². The van der Waals surface area contributed by atoms with Gasteiger partial charge >= 0.3 is 0 Å². The van der Waals surface area contributed by atoms with Crippen molar-refractivity contribution in [3.63, 3.8) is 0 Å². The van der Waals surface area contributed by atoms with Gasteiger partial charge in [-0.2, -0.15) is 0 Å². The molecule has 0 fully saturated rings. The normalized spacial score (nSPS) is 12.7. The van der Waals surface area contributed by atoms with E-state index < -0.39 is 0 Å². The smallest absolute Gasteiger partial charge is 0.251 e. The van der Waals surface area contributed by atoms with Gasteiger partial charge in [-0.25, -0.2) is 4.98 Å². The largest absolute Gasteiger partial charge is 0.486 e. The van der Waals surface area contributed by atoms with Gasteiger partial charge in [0.1, 0.15) is 18.2 Å². The Kier molecular flexibility index (Phi) is 4.62. The van der Waals surface area contributed by atoms with Crippen LogP contribution in [0.1, 0.15) is 15.9 Å². The van der Waals surface area contributed by atoms with E-state index in [1.54, 1.807) is 29.5 Å². The van der Waals surface area contributed by atoms with Crippen molar-refractivity contribution in [2.45, 2.75) is 6.54 Å². The van der Waals surface area contributed by atoms with E-state index in [1.165, 1.54) is 4.70 Å². The number of para-hydroxylation sites is 1. The molecule has 1 N–H and O–H groups in total. The van der Waals surface area contributed by atoms with Gasteiger partial charge in [0.15, 0.2) is 11.5 Å². The zero-order valence-corrected chi connectivity index (χ0v) is 16.4. The van der Waals surface area contributed by atoms with Crippen molar-refractivity contribution in [2.24, 2.45) is 0 Å². The Morgan fingerprint density at radius 3 is 2.59 bits per heavy atom. The van der Waals surface area contributed by atoms with E-state index in [4.69, 9.17) is 9.47 Å². The molecule has 0 unspecified atom stereocenters. The van der Waals surface area contributed by atoms with Crippen molar-refractivity contribution in [2.75, 3.05) is 13.2 Å². The number of carbonyl (C=O) groups is 1. The van der Waals surface area contributed by atoms with Gasteiger partial charge in [-0.1, -0.05) is 36.4 Å². The van der Waals surface area contributed by atoms with Crippen LogP contribution >= 0.6 is 11.3 Å². The van der Waals surface area contributed by atoms with Crippen LogP contribution in [0.5, 0.6) is 11.5 Å². The third-order valence-electron chi connectivity index (χ3n) is 4.75. The SMILES string of the molecule is O=C(NCc1ccc(-c2nc3ccccc3s2)cc1)c1ccc2c(c1)OCCO2. The van der Waals surface area contributed by atoms with Gasteiger partial charge in [0.2, 0.25) is 0 Å². The lowest BCUT2D eigenvalue weighted by atomic mass is 10.1. The molecule has 1 aromatic heterocycles. The third kappa shape index (κ3) is 3.67. The Balaban J connectivity index is 1.26. The Hall–Kier alpha value is -3.38. The maximum Gasteiger partial charge on any atom is 0.251 e. The lowest BCUT2D eigenvalue weighted by Crippen LogP contribution is -2.23. The lowest BCUT2D eigenvalue weighted by Gasteiger charge is -2.18. The van der Waals surface area contributed by atoms with E-state index in [0.717, 1.165) is 21.7 Å². The minimum atomic E-state index is -0.141. The zero-order chi connectivity index (χ0) is 19.6. The van der Waals surface area contributed by atoms with Gasteiger partial charge in [-0.3, -0.25) is 4.79 Å². The molecule has 29 heavy (non-hydrogen) atoms. The molecule has 1 amide bonds. The van der Waals surface area contributed by atoms with Crippen LogP contribution in [0, 0.1) is 0 Å². The molecular formula is C23H18N2O3S. The second kappa shape index (κ2) is 7.56. The summed E-state index contributed by atoms with van der Waals surface area (Å²) in [4.78, 5) is 17.2. The fourth-order valence-electron chi connectivity index (χ4n) is 3.23. The van der Waals surface area contributed by atoms with Crippen LogP contribution in [0.4, 0.5) is 0 Å². The first-order chi connectivity index (χ1) is 14.3. The quantitative estimate of drug-likeness (QED) is 0.539. The molecule has 0 bridgehead atoms. The van der Waals surface area contributed by atoms with E-state index in [-0.39, 0.29) is 5.91 Å². The Bertz CT molecular complexity index is 1150. The molecule has 0 saturated carbocycles. The van der Waals surface area contributed by atoms with Crippen LogP contribution < -0.4 is 14.8 Å². The molecular weight excluding hydrogens is 384 g/mol. The number of hydrogen-bond donors (Lipinski definition) is 1. The van der Waals surface area contributed by atoms with Crippen LogP contribution in [-0.4, -0.2) is 24.1 Å². The van der Waals surface area contributed by atoms with Crippen LogP contribution in [0.3, 0.4) is 0 Å². The highest BCUT2D eigenvalue weighted by Gasteiger charge is 2.15. The summed E-state index contributed by atoms with van der Waals surface area (Å²) in [6.07, 6.45) is 0. The van der Waals surface area contributed by atoms with Crippen molar-refractivity contribution < 1.29 is 14.3 Å². The van der Waals surface area contributed by atoms with Gasteiger partial charge in [0.25, 0.3) is 5.91 Å². The maximum absolute atomic E-state index is 12.5. The summed E-state index contributed by atoms with van der Waals surface area (Å²) in [7, 11) is 0. The Labute approximate surface area is 171 Å². The van der Waals surface area contributed by atoms with E-state index in [1.807, 2.05) is 42.5 Å². The number of hydrogen-bond acceptors (Lipinski definition) is 5. The average Bonchev–Trinajstić information content (AvgIpc) is 3.22. The molecule has 0 atom stereocenters. The number of carbonyl (C=O) groups excluding carboxylic acids is 1. The first kappa shape index (κ1) is 17.7. The summed E-state index contributed by atoms with van der Waals surface area (Å²) in [6.45, 7) is 1.48. The molecule has 0 radical (unpaired) electrons. The first-order valence-electron chi connectivity index (χ1n) is 9.39. The minimum Gasteiger partial charge on any atom is -0.486 e. The van der Waals surface area contributed by atoms with Crippen LogP contribution in [0.15, 0.2) is 66.7 Å². The van der Waals surface area contributed by atoms with Crippen molar-refractivity contribution in [1.29, 1.82) is 0 Å². The number of ether oxygens (including phenoxy) is 2. The molecule has 6 heteroatoms. The van der Waals surface area contributed by atoms with Crippen LogP contribution in [0.25, 0.3) is 20.8 Å². The lowest BCUT2D eigenvalue weighted by molar-refractivity contribution is 0.0949. The number of nitrogens with one attached hydrogen (secondary N) is 1. The molecule has 0 spiro atoms. The zero-order valence-electron chi connectivity index (χ0n) is 15.6. The van der Waals surface area contributed by atoms with Crippen molar-refractivity contribution in [3.05, 3.63) is 77.9 Å². The average molecular weight is 402 g/mol. The highest BCUT2D eigenvalue weighted by molar-refractivity contribution is 7.21. The van der Waals surface area contributed by atoms with Crippen LogP contribution in [0.2, 0.25) is 0 Å². The number of nitrogens with zero attached hydrogens (tertiary/aromatic N) is 1. The van der Waals surface area contributed by atoms with Gasteiger partial charge in [0, 0.05) is 17.7 Å². The highest BCUT2D eigenvalue weighted by Crippen LogP contribution is 2.31. The molecule has 5 nitrogen and oxygen atoms in total. The number of rotatable bonds is 4. The fraction of sp³-hybridized carbons (Fsp3) is 0.130. The molecule has 1 aliphatic heterocycles. The predicted octanol–water partition coefficient (Wildman–Crippen LogP) is 4.66. The minimum absolute atomic E-state index is 0.141. The molecule has 2 heterocycles. The van der Waals surface area contributed by atoms with Crippen LogP contribution in [-0.2, 0) is 6.54 Å². The number of fused-ring (bicyclic) bond motifs is 2. The molecule has 0 aliphatic carbocycles. The summed E-state index contributed by atoms with van der Waals surface area (Å²) in [5.41, 5.74) is 3.68. The molecule has 0 saturated heterocycles. The second-order valence-electron chi connectivity index (χ2n) is 6.72. The topological polar surface area (TPSA) is 60.5 Å². The predicted molar refractivity (Wildman–Crippen MR) is 114 cm³/mol. The standard InChI is InChI=1S/C23H18N2O3S/c26-22(17-9-10-19-20(13-17)28-12-11-27-19)24-14-15-5-7-16(8-6-15)23-25-18-3-1-2-4-21(18)29-23/h1-10,13H,11-12,14H2,(H,24,26). The number of thiazole rings is 1. The summed E-state index contributed by atoms with van der Waals surface area (Å²) in [6, 6.07) is 21.5. The number of amides is 1. The van der Waals surface area contributed by atoms with Gasteiger partial charge in [0.05, 0.1) is 10.2 Å². The number of aromatic nitrogens is 1. The monoisotopic (exact) mass is 402 g/mol. The number of benzene rings is 3. The summed E-state index contributed by atoms with van der Waals surface area (Å²) in [5.74, 6) is 1.15. The Morgan fingerprint density at radius 1 is 0.966 bits per heavy atom. The molecule has 5 rings (SSSR count). The molecule has 3 aromatic carbocycles. The third-order valence-corrected chi connectivity index (χ3v) is 5.84. The van der Waals surface area contributed by atoms with Crippen molar-refractivity contribution in [1.82, 2.24) is 10.3 Å². The Morgan fingerprint density at radius 2 is 1.76 bits per heavy atom. The van der Waals surface area contributed by atoms with Gasteiger partial charge in [-0.05, 0) is 35.9 Å². The maximum atomic E-state index is 12.5. The van der Waals surface area contributed by atoms with Crippen molar-refractivity contribution in [3.8, 4) is 22.1 Å².